The normalized spacial score (nSPS) is 11.8. The van der Waals surface area contributed by atoms with Gasteiger partial charge in [0, 0.05) is 21.6 Å². The van der Waals surface area contributed by atoms with Crippen LogP contribution in [0.3, 0.4) is 0 Å². The molecule has 0 aromatic heterocycles. The molecule has 0 saturated heterocycles. The Balaban J connectivity index is 1.81. The van der Waals surface area contributed by atoms with E-state index in [9.17, 15) is 17.6 Å². The van der Waals surface area contributed by atoms with E-state index in [1.54, 1.807) is 36.4 Å². The van der Waals surface area contributed by atoms with Crippen LogP contribution in [0.5, 0.6) is 0 Å². The van der Waals surface area contributed by atoms with Crippen molar-refractivity contribution < 1.29 is 17.6 Å². The zero-order valence-corrected chi connectivity index (χ0v) is 20.8. The number of nitrogens with one attached hydrogen (secondary N) is 1. The second-order valence-corrected chi connectivity index (χ2v) is 10.5. The highest BCUT2D eigenvalue weighted by molar-refractivity contribution is 9.10. The molecule has 3 rings (SSSR count). The largest absolute Gasteiger partial charge is 0.272 e. The van der Waals surface area contributed by atoms with E-state index in [2.05, 4.69) is 26.5 Å². The lowest BCUT2D eigenvalue weighted by molar-refractivity contribution is -0.121. The molecule has 0 fully saturated rings. The van der Waals surface area contributed by atoms with Crippen molar-refractivity contribution in [3.8, 4) is 0 Å². The van der Waals surface area contributed by atoms with Gasteiger partial charge >= 0.3 is 0 Å². The lowest BCUT2D eigenvalue weighted by atomic mass is 10.2. The molecule has 172 valence electrons. The van der Waals surface area contributed by atoms with Crippen LogP contribution in [-0.2, 0) is 21.4 Å². The van der Waals surface area contributed by atoms with E-state index in [4.69, 9.17) is 23.2 Å². The molecule has 0 aliphatic carbocycles. The fraction of sp³-hybridized carbons (Fsp3) is 0.0909. The van der Waals surface area contributed by atoms with E-state index in [1.807, 2.05) is 0 Å². The summed E-state index contributed by atoms with van der Waals surface area (Å²) in [6.07, 6.45) is 1.06. The Hall–Kier alpha value is -2.30. The van der Waals surface area contributed by atoms with Crippen molar-refractivity contribution in [2.75, 3.05) is 6.54 Å². The molecule has 0 aliphatic heterocycles. The van der Waals surface area contributed by atoms with Gasteiger partial charge in [0.25, 0.3) is 5.91 Å². The lowest BCUT2D eigenvalue weighted by Gasteiger charge is -2.21. The van der Waals surface area contributed by atoms with E-state index >= 15 is 0 Å². The minimum Gasteiger partial charge on any atom is -0.272 e. The molecule has 6 nitrogen and oxygen atoms in total. The number of amides is 1. The maximum Gasteiger partial charge on any atom is 0.255 e. The molecule has 0 heterocycles. The number of hydrogen-bond acceptors (Lipinski definition) is 4. The van der Waals surface area contributed by atoms with Crippen LogP contribution in [0.15, 0.2) is 81.2 Å². The fourth-order valence-electron chi connectivity index (χ4n) is 2.77. The third-order valence-electron chi connectivity index (χ3n) is 4.43. The lowest BCUT2D eigenvalue weighted by Crippen LogP contribution is -2.39. The van der Waals surface area contributed by atoms with Gasteiger partial charge in [0.05, 0.1) is 22.7 Å². The van der Waals surface area contributed by atoms with E-state index < -0.39 is 28.3 Å². The van der Waals surface area contributed by atoms with E-state index in [1.165, 1.54) is 30.3 Å². The number of hydrazone groups is 1. The summed E-state index contributed by atoms with van der Waals surface area (Å²) in [4.78, 5) is 12.5. The average molecular weight is 573 g/mol. The molecule has 0 radical (unpaired) electrons. The monoisotopic (exact) mass is 571 g/mol. The molecule has 0 saturated carbocycles. The Morgan fingerprint density at radius 2 is 1.73 bits per heavy atom. The molecule has 0 atom stereocenters. The standard InChI is InChI=1S/C22H17BrCl2FN3O3S/c23-16-6-10-18(11-7-16)33(31,32)29(13-15-4-8-17(24)9-5-15)14-22(30)28-27-12-19-20(25)2-1-3-21(19)26/h1-12H,13-14H2,(H,28,30)/b27-12-. The summed E-state index contributed by atoms with van der Waals surface area (Å²) in [5.74, 6) is -1.32. The number of carbonyl (C=O) groups is 1. The zero-order chi connectivity index (χ0) is 24.0. The zero-order valence-electron chi connectivity index (χ0n) is 16.9. The Bertz CT molecular complexity index is 1250. The third-order valence-corrected chi connectivity index (χ3v) is 7.34. The van der Waals surface area contributed by atoms with Crippen LogP contribution >= 0.6 is 39.1 Å². The van der Waals surface area contributed by atoms with Gasteiger partial charge in [-0.15, -0.1) is 0 Å². The minimum atomic E-state index is -4.03. The van der Waals surface area contributed by atoms with Gasteiger partial charge in [-0.2, -0.15) is 9.41 Å². The van der Waals surface area contributed by atoms with E-state index in [-0.39, 0.29) is 22.0 Å². The smallest absolute Gasteiger partial charge is 0.255 e. The Morgan fingerprint density at radius 3 is 2.36 bits per heavy atom. The number of sulfonamides is 1. The number of benzene rings is 3. The number of nitrogens with zero attached hydrogens (tertiary/aromatic N) is 2. The quantitative estimate of drug-likeness (QED) is 0.296. The highest BCUT2D eigenvalue weighted by atomic mass is 79.9. The molecule has 3 aromatic carbocycles. The second kappa shape index (κ2) is 11.2. The van der Waals surface area contributed by atoms with E-state index in [0.717, 1.165) is 10.5 Å². The molecule has 0 spiro atoms. The fourth-order valence-corrected chi connectivity index (χ4v) is 4.76. The summed E-state index contributed by atoms with van der Waals surface area (Å²) in [6.45, 7) is -0.602. The van der Waals surface area contributed by atoms with Crippen molar-refractivity contribution in [3.05, 3.63) is 98.2 Å². The molecule has 11 heteroatoms. The molecular weight excluding hydrogens is 556 g/mol. The van der Waals surface area contributed by atoms with Crippen molar-refractivity contribution >= 4 is 61.3 Å². The second-order valence-electron chi connectivity index (χ2n) is 6.78. The summed E-state index contributed by atoms with van der Waals surface area (Å²) in [7, 11) is -4.03. The van der Waals surface area contributed by atoms with E-state index in [0.29, 0.717) is 15.1 Å². The van der Waals surface area contributed by atoms with Crippen molar-refractivity contribution in [2.45, 2.75) is 11.4 Å². The highest BCUT2D eigenvalue weighted by Gasteiger charge is 2.27. The molecule has 0 aliphatic rings. The van der Waals surface area contributed by atoms with Crippen LogP contribution in [0.1, 0.15) is 11.1 Å². The predicted octanol–water partition coefficient (Wildman–Crippen LogP) is 5.24. The van der Waals surface area contributed by atoms with Crippen LogP contribution in [-0.4, -0.2) is 31.4 Å². The first kappa shape index (κ1) is 25.3. The van der Waals surface area contributed by atoms with Crippen LogP contribution in [0.4, 0.5) is 4.39 Å². The maximum absolute atomic E-state index is 13.8. The van der Waals surface area contributed by atoms with Gasteiger partial charge in [-0.05, 0) is 54.1 Å². The molecule has 33 heavy (non-hydrogen) atoms. The third kappa shape index (κ3) is 6.84. The van der Waals surface area contributed by atoms with Crippen LogP contribution in [0.2, 0.25) is 10.0 Å². The average Bonchev–Trinajstić information content (AvgIpc) is 2.77. The topological polar surface area (TPSA) is 78.8 Å². The molecule has 1 amide bonds. The number of rotatable bonds is 8. The molecule has 0 bridgehead atoms. The molecular formula is C22H17BrCl2FN3O3S. The van der Waals surface area contributed by atoms with Gasteiger partial charge in [0.1, 0.15) is 5.82 Å². The Labute approximate surface area is 209 Å². The van der Waals surface area contributed by atoms with Gasteiger partial charge < -0.3 is 0 Å². The number of halogens is 4. The summed E-state index contributed by atoms with van der Waals surface area (Å²) in [6, 6.07) is 16.8. The van der Waals surface area contributed by atoms with Gasteiger partial charge in [-0.3, -0.25) is 4.79 Å². The van der Waals surface area contributed by atoms with Gasteiger partial charge in [0.15, 0.2) is 0 Å². The first-order valence-corrected chi connectivity index (χ1v) is 12.4. The SMILES string of the molecule is O=C(CN(Cc1ccc(Cl)cc1)S(=O)(=O)c1ccc(Br)cc1)N/N=C\c1c(F)cccc1Cl. The molecule has 1 N–H and O–H groups in total. The summed E-state index contributed by atoms with van der Waals surface area (Å²) in [5.41, 5.74) is 2.85. The van der Waals surface area contributed by atoms with Crippen LogP contribution < -0.4 is 5.43 Å². The summed E-state index contributed by atoms with van der Waals surface area (Å²) >= 11 is 15.1. The first-order valence-electron chi connectivity index (χ1n) is 9.43. The van der Waals surface area contributed by atoms with Crippen molar-refractivity contribution in [3.63, 3.8) is 0 Å². The first-order chi connectivity index (χ1) is 15.7. The van der Waals surface area contributed by atoms with Crippen LogP contribution in [0, 0.1) is 5.82 Å². The molecule has 3 aromatic rings. The van der Waals surface area contributed by atoms with Gasteiger partial charge in [-0.1, -0.05) is 57.3 Å². The molecule has 0 unspecified atom stereocenters. The number of hydrogen-bond donors (Lipinski definition) is 1. The highest BCUT2D eigenvalue weighted by Crippen LogP contribution is 2.21. The minimum absolute atomic E-state index is 0.0000268. The van der Waals surface area contributed by atoms with Crippen molar-refractivity contribution in [2.24, 2.45) is 5.10 Å². The van der Waals surface area contributed by atoms with Crippen LogP contribution in [0.25, 0.3) is 0 Å². The van der Waals surface area contributed by atoms with Gasteiger partial charge in [-0.25, -0.2) is 18.2 Å². The Kier molecular flexibility index (Phi) is 8.61. The maximum atomic E-state index is 13.8. The Morgan fingerprint density at radius 1 is 1.06 bits per heavy atom. The van der Waals surface area contributed by atoms with Gasteiger partial charge in [0.2, 0.25) is 10.0 Å². The van der Waals surface area contributed by atoms with Crippen molar-refractivity contribution in [1.29, 1.82) is 0 Å². The summed E-state index contributed by atoms with van der Waals surface area (Å²) in [5, 5.41) is 4.33. The predicted molar refractivity (Wildman–Crippen MR) is 130 cm³/mol. The number of carbonyl (C=O) groups excluding carboxylic acids is 1. The summed E-state index contributed by atoms with van der Waals surface area (Å²) < 4.78 is 42.0. The van der Waals surface area contributed by atoms with Crippen molar-refractivity contribution in [1.82, 2.24) is 9.73 Å².